The Kier molecular flexibility index (Phi) is 9.51. The molecular weight excluding hydrogens is 252 g/mol. The van der Waals surface area contributed by atoms with Crippen LogP contribution in [0.3, 0.4) is 0 Å². The SMILES string of the molecule is C=CCCCN(C)C(=NCC(=O)N(C)C)NCC(C)C. The molecule has 1 amide bonds. The smallest absolute Gasteiger partial charge is 0.243 e. The first-order valence-electron chi connectivity index (χ1n) is 7.19. The van der Waals surface area contributed by atoms with Gasteiger partial charge in [-0.05, 0) is 18.8 Å². The summed E-state index contributed by atoms with van der Waals surface area (Å²) in [5, 5.41) is 3.32. The van der Waals surface area contributed by atoms with Gasteiger partial charge in [0.05, 0.1) is 0 Å². The van der Waals surface area contributed by atoms with E-state index in [1.54, 1.807) is 19.0 Å². The molecule has 0 aliphatic carbocycles. The van der Waals surface area contributed by atoms with E-state index in [-0.39, 0.29) is 12.5 Å². The number of aliphatic imine (C=N–C) groups is 1. The van der Waals surface area contributed by atoms with Crippen LogP contribution in [0.15, 0.2) is 17.6 Å². The lowest BCUT2D eigenvalue weighted by Crippen LogP contribution is -2.41. The normalized spacial score (nSPS) is 11.4. The Labute approximate surface area is 123 Å². The predicted octanol–water partition coefficient (Wildman–Crippen LogP) is 1.57. The van der Waals surface area contributed by atoms with Crippen molar-refractivity contribution in [2.24, 2.45) is 10.9 Å². The van der Waals surface area contributed by atoms with Crippen molar-refractivity contribution >= 4 is 11.9 Å². The minimum atomic E-state index is 0.00772. The summed E-state index contributed by atoms with van der Waals surface area (Å²) in [7, 11) is 5.48. The quantitative estimate of drug-likeness (QED) is 0.318. The second kappa shape index (κ2) is 10.3. The molecule has 0 radical (unpaired) electrons. The second-order valence-electron chi connectivity index (χ2n) is 5.56. The van der Waals surface area contributed by atoms with Gasteiger partial charge < -0.3 is 15.1 Å². The number of carbonyl (C=O) groups is 1. The van der Waals surface area contributed by atoms with Gasteiger partial charge in [-0.3, -0.25) is 4.79 Å². The molecule has 0 atom stereocenters. The highest BCUT2D eigenvalue weighted by atomic mass is 16.2. The molecule has 0 unspecified atom stereocenters. The van der Waals surface area contributed by atoms with Gasteiger partial charge in [0.15, 0.2) is 5.96 Å². The van der Waals surface area contributed by atoms with Gasteiger partial charge >= 0.3 is 0 Å². The van der Waals surface area contributed by atoms with E-state index in [4.69, 9.17) is 0 Å². The van der Waals surface area contributed by atoms with Crippen molar-refractivity contribution in [3.05, 3.63) is 12.7 Å². The fraction of sp³-hybridized carbons (Fsp3) is 0.733. The van der Waals surface area contributed by atoms with Crippen LogP contribution in [0.2, 0.25) is 0 Å². The number of amides is 1. The van der Waals surface area contributed by atoms with Gasteiger partial charge in [-0.2, -0.15) is 0 Å². The lowest BCUT2D eigenvalue weighted by molar-refractivity contribution is -0.127. The van der Waals surface area contributed by atoms with Gasteiger partial charge in [0.25, 0.3) is 0 Å². The van der Waals surface area contributed by atoms with Crippen LogP contribution in [-0.2, 0) is 4.79 Å². The number of likely N-dealkylation sites (N-methyl/N-ethyl adjacent to an activating group) is 1. The standard InChI is InChI=1S/C15H30N4O/c1-7-8-9-10-19(6)15(16-11-13(2)3)17-12-14(20)18(4)5/h7,13H,1,8-12H2,2-6H3,(H,16,17). The first-order valence-corrected chi connectivity index (χ1v) is 7.19. The fourth-order valence-electron chi connectivity index (χ4n) is 1.47. The minimum Gasteiger partial charge on any atom is -0.356 e. The fourth-order valence-corrected chi connectivity index (χ4v) is 1.47. The number of nitrogens with zero attached hydrogens (tertiary/aromatic N) is 3. The largest absolute Gasteiger partial charge is 0.356 e. The molecule has 0 bridgehead atoms. The molecule has 0 aromatic carbocycles. The summed E-state index contributed by atoms with van der Waals surface area (Å²) in [5.41, 5.74) is 0. The van der Waals surface area contributed by atoms with Gasteiger partial charge in [-0.15, -0.1) is 6.58 Å². The molecular formula is C15H30N4O. The Morgan fingerprint density at radius 3 is 2.50 bits per heavy atom. The zero-order chi connectivity index (χ0) is 15.5. The predicted molar refractivity (Wildman–Crippen MR) is 85.9 cm³/mol. The lowest BCUT2D eigenvalue weighted by Gasteiger charge is -2.23. The number of hydrogen-bond acceptors (Lipinski definition) is 2. The Balaban J connectivity index is 4.56. The lowest BCUT2D eigenvalue weighted by atomic mass is 10.2. The van der Waals surface area contributed by atoms with Crippen molar-refractivity contribution in [2.75, 3.05) is 40.8 Å². The van der Waals surface area contributed by atoms with Gasteiger partial charge in [0.1, 0.15) is 6.54 Å². The monoisotopic (exact) mass is 282 g/mol. The van der Waals surface area contributed by atoms with Crippen LogP contribution in [0.4, 0.5) is 0 Å². The van der Waals surface area contributed by atoms with Crippen LogP contribution >= 0.6 is 0 Å². The van der Waals surface area contributed by atoms with Crippen molar-refractivity contribution in [3.63, 3.8) is 0 Å². The molecule has 0 aromatic heterocycles. The number of hydrogen-bond donors (Lipinski definition) is 1. The molecule has 5 nitrogen and oxygen atoms in total. The summed E-state index contributed by atoms with van der Waals surface area (Å²) in [6.45, 7) is 9.94. The van der Waals surface area contributed by atoms with Crippen molar-refractivity contribution in [1.29, 1.82) is 0 Å². The van der Waals surface area contributed by atoms with Crippen LogP contribution in [0, 0.1) is 5.92 Å². The van der Waals surface area contributed by atoms with E-state index in [2.05, 4.69) is 35.6 Å². The van der Waals surface area contributed by atoms with Crippen molar-refractivity contribution in [1.82, 2.24) is 15.1 Å². The summed E-state index contributed by atoms with van der Waals surface area (Å²) < 4.78 is 0. The number of unbranched alkanes of at least 4 members (excludes halogenated alkanes) is 1. The van der Waals surface area contributed by atoms with Gasteiger partial charge in [-0.1, -0.05) is 19.9 Å². The molecule has 0 saturated heterocycles. The Morgan fingerprint density at radius 2 is 2.00 bits per heavy atom. The zero-order valence-electron chi connectivity index (χ0n) is 13.6. The molecule has 0 rings (SSSR count). The maximum atomic E-state index is 11.6. The zero-order valence-corrected chi connectivity index (χ0v) is 13.6. The summed E-state index contributed by atoms with van der Waals surface area (Å²) in [6, 6.07) is 0. The third-order valence-corrected chi connectivity index (χ3v) is 2.79. The number of rotatable bonds is 8. The van der Waals surface area contributed by atoms with Crippen molar-refractivity contribution in [2.45, 2.75) is 26.7 Å². The van der Waals surface area contributed by atoms with Gasteiger partial charge in [0, 0.05) is 34.2 Å². The highest BCUT2D eigenvalue weighted by Gasteiger charge is 2.09. The van der Waals surface area contributed by atoms with E-state index in [0.29, 0.717) is 5.92 Å². The summed E-state index contributed by atoms with van der Waals surface area (Å²) in [6.07, 6.45) is 3.93. The van der Waals surface area contributed by atoms with Crippen LogP contribution in [-0.4, -0.2) is 62.4 Å². The van der Waals surface area contributed by atoms with E-state index in [1.165, 1.54) is 0 Å². The van der Waals surface area contributed by atoms with Crippen LogP contribution < -0.4 is 5.32 Å². The Morgan fingerprint density at radius 1 is 1.35 bits per heavy atom. The molecule has 0 saturated carbocycles. The Bertz CT molecular complexity index is 324. The van der Waals surface area contributed by atoms with Gasteiger partial charge in [-0.25, -0.2) is 4.99 Å². The third kappa shape index (κ3) is 8.56. The van der Waals surface area contributed by atoms with Crippen LogP contribution in [0.5, 0.6) is 0 Å². The van der Waals surface area contributed by atoms with Crippen LogP contribution in [0.25, 0.3) is 0 Å². The highest BCUT2D eigenvalue weighted by molar-refractivity contribution is 5.84. The summed E-state index contributed by atoms with van der Waals surface area (Å²) >= 11 is 0. The topological polar surface area (TPSA) is 47.9 Å². The molecule has 0 aromatic rings. The number of guanidine groups is 1. The van der Waals surface area contributed by atoms with Crippen LogP contribution in [0.1, 0.15) is 26.7 Å². The molecule has 0 aliphatic rings. The molecule has 1 N–H and O–H groups in total. The molecule has 0 fully saturated rings. The number of nitrogens with one attached hydrogen (secondary N) is 1. The van der Waals surface area contributed by atoms with E-state index < -0.39 is 0 Å². The summed E-state index contributed by atoms with van der Waals surface area (Å²) in [4.78, 5) is 19.7. The number of allylic oxidation sites excluding steroid dienone is 1. The maximum absolute atomic E-state index is 11.6. The first kappa shape index (κ1) is 18.5. The highest BCUT2D eigenvalue weighted by Crippen LogP contribution is 1.96. The summed E-state index contributed by atoms with van der Waals surface area (Å²) in [5.74, 6) is 1.33. The molecule has 5 heteroatoms. The average Bonchev–Trinajstić information content (AvgIpc) is 2.38. The van der Waals surface area contributed by atoms with Crippen molar-refractivity contribution in [3.8, 4) is 0 Å². The van der Waals surface area contributed by atoms with E-state index in [1.807, 2.05) is 13.1 Å². The molecule has 0 heterocycles. The average molecular weight is 282 g/mol. The maximum Gasteiger partial charge on any atom is 0.243 e. The van der Waals surface area contributed by atoms with E-state index >= 15 is 0 Å². The number of carbonyl (C=O) groups excluding carboxylic acids is 1. The Hall–Kier alpha value is -1.52. The second-order valence-corrected chi connectivity index (χ2v) is 5.56. The third-order valence-electron chi connectivity index (χ3n) is 2.79. The molecule has 20 heavy (non-hydrogen) atoms. The minimum absolute atomic E-state index is 0.00772. The first-order chi connectivity index (χ1) is 9.38. The van der Waals surface area contributed by atoms with E-state index in [0.717, 1.165) is 31.9 Å². The van der Waals surface area contributed by atoms with E-state index in [9.17, 15) is 4.79 Å². The molecule has 0 spiro atoms. The molecule has 116 valence electrons. The molecule has 0 aliphatic heterocycles. The van der Waals surface area contributed by atoms with Gasteiger partial charge in [0.2, 0.25) is 5.91 Å². The van der Waals surface area contributed by atoms with Crippen molar-refractivity contribution < 1.29 is 4.79 Å².